The zero-order valence-corrected chi connectivity index (χ0v) is 11.5. The lowest BCUT2D eigenvalue weighted by Crippen LogP contribution is -1.98. The highest BCUT2D eigenvalue weighted by Gasteiger charge is 2.03. The van der Waals surface area contributed by atoms with Gasteiger partial charge in [0.2, 0.25) is 0 Å². The molecule has 0 fully saturated rings. The lowest BCUT2D eigenvalue weighted by Gasteiger charge is -2.07. The van der Waals surface area contributed by atoms with Crippen molar-refractivity contribution in [1.29, 1.82) is 0 Å². The summed E-state index contributed by atoms with van der Waals surface area (Å²) < 4.78 is 0. The van der Waals surface area contributed by atoms with Crippen LogP contribution < -0.4 is 5.73 Å². The number of halogens is 2. The Kier molecular flexibility index (Phi) is 5.86. The summed E-state index contributed by atoms with van der Waals surface area (Å²) in [6.07, 6.45) is 0. The molecule has 0 bridgehead atoms. The molecule has 90 valence electrons. The molecule has 2 aromatic rings. The Labute approximate surface area is 117 Å². The molecule has 0 aliphatic heterocycles. The third kappa shape index (κ3) is 3.93. The van der Waals surface area contributed by atoms with Gasteiger partial charge in [-0.05, 0) is 35.9 Å². The summed E-state index contributed by atoms with van der Waals surface area (Å²) in [7, 11) is 0. The van der Waals surface area contributed by atoms with Gasteiger partial charge in [0.05, 0.1) is 0 Å². The van der Waals surface area contributed by atoms with Crippen molar-refractivity contribution in [2.75, 3.05) is 0 Å². The first-order valence-corrected chi connectivity index (χ1v) is 6.20. The minimum absolute atomic E-state index is 0. The van der Waals surface area contributed by atoms with E-state index in [0.29, 0.717) is 6.54 Å². The van der Waals surface area contributed by atoms with Crippen molar-refractivity contribution in [1.82, 2.24) is 0 Å². The highest BCUT2D eigenvalue weighted by Crippen LogP contribution is 2.31. The normalized spacial score (nSPS) is 9.76. The van der Waals surface area contributed by atoms with Crippen molar-refractivity contribution in [2.24, 2.45) is 5.73 Å². The van der Waals surface area contributed by atoms with Gasteiger partial charge in [-0.2, -0.15) is 0 Å². The molecule has 0 amide bonds. The molecule has 0 aliphatic carbocycles. The summed E-state index contributed by atoms with van der Waals surface area (Å²) in [5.74, 6) is 0. The van der Waals surface area contributed by atoms with E-state index in [2.05, 4.69) is 12.1 Å². The first-order chi connectivity index (χ1) is 7.79. The van der Waals surface area contributed by atoms with E-state index in [9.17, 15) is 0 Å². The van der Waals surface area contributed by atoms with Gasteiger partial charge in [0, 0.05) is 21.4 Å². The number of rotatable bonds is 3. The van der Waals surface area contributed by atoms with Gasteiger partial charge in [-0.25, -0.2) is 0 Å². The molecular formula is C13H13Cl2NS. The molecule has 0 heterocycles. The fraction of sp³-hybridized carbons (Fsp3) is 0.0769. The van der Waals surface area contributed by atoms with Crippen molar-refractivity contribution in [2.45, 2.75) is 16.3 Å². The number of nitrogens with two attached hydrogens (primary N) is 1. The maximum absolute atomic E-state index is 5.93. The molecule has 2 rings (SSSR count). The van der Waals surface area contributed by atoms with Crippen LogP contribution in [0.5, 0.6) is 0 Å². The van der Waals surface area contributed by atoms with Crippen LogP contribution in [0, 0.1) is 0 Å². The van der Waals surface area contributed by atoms with Crippen LogP contribution in [0.15, 0.2) is 58.3 Å². The summed E-state index contributed by atoms with van der Waals surface area (Å²) in [6, 6.07) is 16.1. The quantitative estimate of drug-likeness (QED) is 0.906. The Balaban J connectivity index is 0.00000144. The maximum Gasteiger partial charge on any atom is 0.0410 e. The first-order valence-electron chi connectivity index (χ1n) is 5.01. The van der Waals surface area contributed by atoms with Crippen LogP contribution >= 0.6 is 35.8 Å². The predicted molar refractivity (Wildman–Crippen MR) is 77.2 cm³/mol. The third-order valence-corrected chi connectivity index (χ3v) is 3.57. The largest absolute Gasteiger partial charge is 0.326 e. The van der Waals surface area contributed by atoms with Crippen LogP contribution in [0.25, 0.3) is 0 Å². The fourth-order valence-electron chi connectivity index (χ4n) is 1.42. The standard InChI is InChI=1S/C13H12ClNS.ClH/c14-11-6-7-13(10(8-11)9-15)16-12-4-2-1-3-5-12;/h1-8H,9,15H2;1H. The Bertz CT molecular complexity index is 474. The summed E-state index contributed by atoms with van der Waals surface area (Å²) in [5, 5.41) is 0.734. The van der Waals surface area contributed by atoms with Gasteiger partial charge < -0.3 is 5.73 Å². The van der Waals surface area contributed by atoms with E-state index in [4.69, 9.17) is 17.3 Å². The monoisotopic (exact) mass is 285 g/mol. The SMILES string of the molecule is Cl.NCc1cc(Cl)ccc1Sc1ccccc1. The van der Waals surface area contributed by atoms with Crippen LogP contribution in [0.1, 0.15) is 5.56 Å². The van der Waals surface area contributed by atoms with E-state index in [1.807, 2.05) is 36.4 Å². The lowest BCUT2D eigenvalue weighted by molar-refractivity contribution is 1.03. The van der Waals surface area contributed by atoms with Gasteiger partial charge in [-0.3, -0.25) is 0 Å². The minimum Gasteiger partial charge on any atom is -0.326 e. The van der Waals surface area contributed by atoms with Gasteiger partial charge in [0.15, 0.2) is 0 Å². The number of benzene rings is 2. The van der Waals surface area contributed by atoms with Crippen LogP contribution in [0.4, 0.5) is 0 Å². The summed E-state index contributed by atoms with van der Waals surface area (Å²) in [6.45, 7) is 0.510. The molecule has 17 heavy (non-hydrogen) atoms. The second kappa shape index (κ2) is 6.92. The zero-order chi connectivity index (χ0) is 11.4. The average Bonchev–Trinajstić information content (AvgIpc) is 2.33. The van der Waals surface area contributed by atoms with E-state index in [0.717, 1.165) is 15.5 Å². The molecule has 0 unspecified atom stereocenters. The number of hydrogen-bond donors (Lipinski definition) is 1. The van der Waals surface area contributed by atoms with Crippen LogP contribution in [-0.2, 0) is 6.54 Å². The molecule has 0 aliphatic rings. The van der Waals surface area contributed by atoms with Gasteiger partial charge in [-0.15, -0.1) is 12.4 Å². The van der Waals surface area contributed by atoms with Crippen LogP contribution in [0.3, 0.4) is 0 Å². The number of hydrogen-bond acceptors (Lipinski definition) is 2. The van der Waals surface area contributed by atoms with Gasteiger partial charge >= 0.3 is 0 Å². The summed E-state index contributed by atoms with van der Waals surface area (Å²) in [5.41, 5.74) is 6.79. The van der Waals surface area contributed by atoms with Gasteiger partial charge in [0.25, 0.3) is 0 Å². The molecule has 0 atom stereocenters. The van der Waals surface area contributed by atoms with Crippen molar-refractivity contribution in [3.63, 3.8) is 0 Å². The highest BCUT2D eigenvalue weighted by molar-refractivity contribution is 7.99. The summed E-state index contributed by atoms with van der Waals surface area (Å²) in [4.78, 5) is 2.37. The highest BCUT2D eigenvalue weighted by atomic mass is 35.5. The smallest absolute Gasteiger partial charge is 0.0410 e. The van der Waals surface area contributed by atoms with E-state index in [-0.39, 0.29) is 12.4 Å². The first kappa shape index (κ1) is 14.4. The Morgan fingerprint density at radius 2 is 1.76 bits per heavy atom. The van der Waals surface area contributed by atoms with Crippen molar-refractivity contribution in [3.8, 4) is 0 Å². The second-order valence-corrected chi connectivity index (χ2v) is 4.92. The van der Waals surface area contributed by atoms with Crippen LogP contribution in [0.2, 0.25) is 5.02 Å². The molecule has 2 N–H and O–H groups in total. The molecular weight excluding hydrogens is 273 g/mol. The van der Waals surface area contributed by atoms with E-state index >= 15 is 0 Å². The Morgan fingerprint density at radius 1 is 1.06 bits per heavy atom. The molecule has 0 aromatic heterocycles. The molecule has 0 saturated carbocycles. The molecule has 4 heteroatoms. The second-order valence-electron chi connectivity index (χ2n) is 3.37. The molecule has 2 aromatic carbocycles. The fourth-order valence-corrected chi connectivity index (χ4v) is 2.57. The van der Waals surface area contributed by atoms with Gasteiger partial charge in [0.1, 0.15) is 0 Å². The van der Waals surface area contributed by atoms with Crippen molar-refractivity contribution >= 4 is 35.8 Å². The lowest BCUT2D eigenvalue weighted by atomic mass is 10.2. The van der Waals surface area contributed by atoms with E-state index in [1.54, 1.807) is 11.8 Å². The summed E-state index contributed by atoms with van der Waals surface area (Å²) >= 11 is 7.64. The van der Waals surface area contributed by atoms with Crippen LogP contribution in [-0.4, -0.2) is 0 Å². The topological polar surface area (TPSA) is 26.0 Å². The molecule has 1 nitrogen and oxygen atoms in total. The predicted octanol–water partition coefficient (Wildman–Crippen LogP) is 4.37. The average molecular weight is 286 g/mol. The Hall–Kier alpha value is -0.670. The van der Waals surface area contributed by atoms with Crippen molar-refractivity contribution in [3.05, 3.63) is 59.1 Å². The maximum atomic E-state index is 5.93. The van der Waals surface area contributed by atoms with Crippen molar-refractivity contribution < 1.29 is 0 Å². The Morgan fingerprint density at radius 3 is 2.41 bits per heavy atom. The van der Waals surface area contributed by atoms with E-state index < -0.39 is 0 Å². The third-order valence-electron chi connectivity index (χ3n) is 2.21. The molecule has 0 radical (unpaired) electrons. The molecule has 0 spiro atoms. The minimum atomic E-state index is 0. The van der Waals surface area contributed by atoms with Gasteiger partial charge in [-0.1, -0.05) is 41.6 Å². The zero-order valence-electron chi connectivity index (χ0n) is 9.10. The van der Waals surface area contributed by atoms with E-state index in [1.165, 1.54) is 4.90 Å². The molecule has 0 saturated heterocycles.